The summed E-state index contributed by atoms with van der Waals surface area (Å²) in [6.45, 7) is 2.38. The minimum Gasteiger partial charge on any atom is -0.335 e. The van der Waals surface area contributed by atoms with E-state index < -0.39 is 11.9 Å². The normalized spacial score (nSPS) is 16.9. The lowest BCUT2D eigenvalue weighted by atomic mass is 10.2. The van der Waals surface area contributed by atoms with Crippen molar-refractivity contribution in [2.45, 2.75) is 25.8 Å². The van der Waals surface area contributed by atoms with E-state index in [4.69, 9.17) is 0 Å². The number of benzene rings is 1. The van der Waals surface area contributed by atoms with Crippen LogP contribution in [0.2, 0.25) is 0 Å². The van der Waals surface area contributed by atoms with Gasteiger partial charge in [-0.1, -0.05) is 27.3 Å². The van der Waals surface area contributed by atoms with Crippen molar-refractivity contribution in [2.75, 3.05) is 16.8 Å². The van der Waals surface area contributed by atoms with Crippen LogP contribution < -0.4 is 15.8 Å². The number of nitrogens with one attached hydrogen (secondary N) is 1. The van der Waals surface area contributed by atoms with E-state index >= 15 is 0 Å². The minimum absolute atomic E-state index is 0.132. The summed E-state index contributed by atoms with van der Waals surface area (Å²) in [5.41, 5.74) is 0.502. The van der Waals surface area contributed by atoms with Gasteiger partial charge in [-0.15, -0.1) is 5.10 Å². The molecule has 1 atom stereocenters. The zero-order chi connectivity index (χ0) is 19.1. The molecule has 0 saturated carbocycles. The number of rotatable bonds is 3. The number of anilines is 2. The van der Waals surface area contributed by atoms with Crippen molar-refractivity contribution in [2.24, 2.45) is 0 Å². The molecule has 0 aliphatic carbocycles. The van der Waals surface area contributed by atoms with Gasteiger partial charge in [-0.3, -0.25) is 9.59 Å². The number of hydrogen-bond acceptors (Lipinski definition) is 6. The average molecular weight is 452 g/mol. The third-order valence-electron chi connectivity index (χ3n) is 4.35. The monoisotopic (exact) mass is 451 g/mol. The predicted molar refractivity (Wildman–Crippen MR) is 105 cm³/mol. The Bertz CT molecular complexity index is 1100. The number of amides is 1. The summed E-state index contributed by atoms with van der Waals surface area (Å²) in [6.07, 6.45) is 1.43. The Morgan fingerprint density at radius 3 is 3.00 bits per heavy atom. The maximum Gasteiger partial charge on any atom is 0.275 e. The molecular weight excluding hydrogens is 437 g/mol. The molecule has 140 valence electrons. The molecule has 0 spiro atoms. The Labute approximate surface area is 166 Å². The summed E-state index contributed by atoms with van der Waals surface area (Å²) in [5, 5.41) is 7.53. The average Bonchev–Trinajstić information content (AvgIpc) is 3.23. The molecule has 10 heteroatoms. The molecule has 0 radical (unpaired) electrons. The minimum atomic E-state index is -0.506. The van der Waals surface area contributed by atoms with Gasteiger partial charge in [0, 0.05) is 22.8 Å². The number of nitrogens with zero attached hydrogens (tertiary/aromatic N) is 4. The van der Waals surface area contributed by atoms with Crippen molar-refractivity contribution in [1.82, 2.24) is 14.6 Å². The predicted octanol–water partition coefficient (Wildman–Crippen LogP) is 2.97. The Morgan fingerprint density at radius 2 is 2.22 bits per heavy atom. The van der Waals surface area contributed by atoms with Crippen LogP contribution in [0.1, 0.15) is 18.5 Å². The third-order valence-corrected chi connectivity index (χ3v) is 5.79. The molecule has 1 fully saturated rings. The Hall–Kier alpha value is -2.33. The maximum absolute atomic E-state index is 14.0. The highest BCUT2D eigenvalue weighted by molar-refractivity contribution is 9.10. The van der Waals surface area contributed by atoms with Crippen LogP contribution in [-0.4, -0.2) is 33.1 Å². The van der Waals surface area contributed by atoms with Gasteiger partial charge in [0.25, 0.3) is 5.56 Å². The van der Waals surface area contributed by atoms with E-state index in [0.717, 1.165) is 6.42 Å². The van der Waals surface area contributed by atoms with Crippen LogP contribution in [0.15, 0.2) is 33.5 Å². The highest BCUT2D eigenvalue weighted by Gasteiger charge is 2.33. The molecule has 7 nitrogen and oxygen atoms in total. The highest BCUT2D eigenvalue weighted by atomic mass is 79.9. The molecule has 0 bridgehead atoms. The van der Waals surface area contributed by atoms with Crippen molar-refractivity contribution >= 4 is 49.0 Å². The fourth-order valence-electron chi connectivity index (χ4n) is 3.10. The highest BCUT2D eigenvalue weighted by Crippen LogP contribution is 2.30. The second-order valence-electron chi connectivity index (χ2n) is 6.28. The molecule has 3 heterocycles. The van der Waals surface area contributed by atoms with E-state index in [2.05, 4.69) is 31.3 Å². The molecule has 1 N–H and O–H groups in total. The lowest BCUT2D eigenvalue weighted by Crippen LogP contribution is -2.40. The number of halogens is 2. The number of carbonyl (C=O) groups is 1. The number of hydrogen-bond donors (Lipinski definition) is 1. The smallest absolute Gasteiger partial charge is 0.275 e. The topological polar surface area (TPSA) is 79.6 Å². The first-order valence-electron chi connectivity index (χ1n) is 8.32. The third kappa shape index (κ3) is 3.46. The fourth-order valence-corrected chi connectivity index (χ4v) is 4.46. The standard InChI is InChI=1S/C17H15BrFN5O2S/c1-9-7-14(25)24-16(20-9)27-17(22-24)23-6-2-3-13(23)15(26)21-12-5-4-10(18)8-11(12)19/h4-5,7-8,13H,2-3,6H2,1H3,(H,21,26)/t13-/m1/s1. The van der Waals surface area contributed by atoms with E-state index in [1.165, 1.54) is 34.1 Å². The van der Waals surface area contributed by atoms with E-state index in [0.29, 0.717) is 33.2 Å². The largest absolute Gasteiger partial charge is 0.335 e. The number of carbonyl (C=O) groups excluding carboxylic acids is 1. The molecule has 1 aliphatic heterocycles. The summed E-state index contributed by atoms with van der Waals surface area (Å²) in [6, 6.07) is 5.42. The molecule has 1 saturated heterocycles. The summed E-state index contributed by atoms with van der Waals surface area (Å²) >= 11 is 4.46. The molecular formula is C17H15BrFN5O2S. The molecule has 2 aromatic heterocycles. The van der Waals surface area contributed by atoms with E-state index in [-0.39, 0.29) is 17.2 Å². The lowest BCUT2D eigenvalue weighted by molar-refractivity contribution is -0.117. The summed E-state index contributed by atoms with van der Waals surface area (Å²) in [5.74, 6) is -0.807. The van der Waals surface area contributed by atoms with E-state index in [1.807, 2.05) is 4.90 Å². The summed E-state index contributed by atoms with van der Waals surface area (Å²) in [7, 11) is 0. The van der Waals surface area contributed by atoms with Crippen molar-refractivity contribution in [3.63, 3.8) is 0 Å². The van der Waals surface area contributed by atoms with Crippen LogP contribution in [0.25, 0.3) is 4.96 Å². The molecule has 3 aromatic rings. The van der Waals surface area contributed by atoms with Gasteiger partial charge in [0.2, 0.25) is 16.0 Å². The van der Waals surface area contributed by atoms with Crippen molar-refractivity contribution in [3.8, 4) is 0 Å². The van der Waals surface area contributed by atoms with Gasteiger partial charge in [-0.25, -0.2) is 9.37 Å². The van der Waals surface area contributed by atoms with Gasteiger partial charge in [0.1, 0.15) is 11.9 Å². The van der Waals surface area contributed by atoms with Crippen LogP contribution in [0.3, 0.4) is 0 Å². The first-order valence-corrected chi connectivity index (χ1v) is 9.93. The van der Waals surface area contributed by atoms with Crippen LogP contribution in [0, 0.1) is 12.7 Å². The van der Waals surface area contributed by atoms with Gasteiger partial charge in [-0.05, 0) is 38.0 Å². The molecule has 1 aliphatic rings. The maximum atomic E-state index is 14.0. The first kappa shape index (κ1) is 18.1. The molecule has 4 rings (SSSR count). The van der Waals surface area contributed by atoms with Gasteiger partial charge >= 0.3 is 0 Å². The Kier molecular flexibility index (Phi) is 4.68. The quantitative estimate of drug-likeness (QED) is 0.661. The van der Waals surface area contributed by atoms with Crippen LogP contribution in [-0.2, 0) is 4.79 Å². The van der Waals surface area contributed by atoms with Crippen LogP contribution in [0.4, 0.5) is 15.2 Å². The fraction of sp³-hybridized carbons (Fsp3) is 0.294. The van der Waals surface area contributed by atoms with Crippen molar-refractivity contribution in [3.05, 3.63) is 50.6 Å². The van der Waals surface area contributed by atoms with Gasteiger partial charge in [0.05, 0.1) is 5.69 Å². The second-order valence-corrected chi connectivity index (χ2v) is 8.13. The van der Waals surface area contributed by atoms with E-state index in [9.17, 15) is 14.0 Å². The lowest BCUT2D eigenvalue weighted by Gasteiger charge is -2.22. The van der Waals surface area contributed by atoms with Gasteiger partial charge < -0.3 is 10.2 Å². The van der Waals surface area contributed by atoms with E-state index in [1.54, 1.807) is 13.0 Å². The number of aryl methyl sites for hydroxylation is 1. The van der Waals surface area contributed by atoms with Crippen LogP contribution >= 0.6 is 27.3 Å². The SMILES string of the molecule is Cc1cc(=O)n2nc(N3CCC[C@@H]3C(=O)Nc3ccc(Br)cc3F)sc2n1. The molecule has 27 heavy (non-hydrogen) atoms. The molecule has 1 amide bonds. The molecule has 0 unspecified atom stereocenters. The second kappa shape index (κ2) is 7.01. The Morgan fingerprint density at radius 1 is 1.41 bits per heavy atom. The zero-order valence-electron chi connectivity index (χ0n) is 14.3. The van der Waals surface area contributed by atoms with Gasteiger partial charge in [0.15, 0.2) is 0 Å². The summed E-state index contributed by atoms with van der Waals surface area (Å²) in [4.78, 5) is 31.5. The Balaban J connectivity index is 1.61. The number of aromatic nitrogens is 3. The number of fused-ring (bicyclic) bond motifs is 1. The zero-order valence-corrected chi connectivity index (χ0v) is 16.7. The van der Waals surface area contributed by atoms with Crippen molar-refractivity contribution in [1.29, 1.82) is 0 Å². The van der Waals surface area contributed by atoms with Crippen molar-refractivity contribution < 1.29 is 9.18 Å². The van der Waals surface area contributed by atoms with Gasteiger partial charge in [-0.2, -0.15) is 4.52 Å². The van der Waals surface area contributed by atoms with Crippen LogP contribution in [0.5, 0.6) is 0 Å². The summed E-state index contributed by atoms with van der Waals surface area (Å²) < 4.78 is 15.9. The first-order chi connectivity index (χ1) is 12.9. The molecule has 1 aromatic carbocycles.